The Balaban J connectivity index is 1.15. The first kappa shape index (κ1) is 20.8. The number of ether oxygens (including phenoxy) is 2. The molecule has 3 aromatic rings. The van der Waals surface area contributed by atoms with E-state index >= 15 is 0 Å². The largest absolute Gasteiger partial charge is 0.483 e. The van der Waals surface area contributed by atoms with Gasteiger partial charge in [0.05, 0.1) is 17.6 Å². The molecule has 7 heteroatoms. The van der Waals surface area contributed by atoms with Crippen LogP contribution in [0.1, 0.15) is 25.2 Å². The van der Waals surface area contributed by atoms with E-state index in [1.54, 1.807) is 0 Å². The first-order valence-corrected chi connectivity index (χ1v) is 11.2. The summed E-state index contributed by atoms with van der Waals surface area (Å²) in [6.45, 7) is 7.99. The van der Waals surface area contributed by atoms with Gasteiger partial charge in [-0.1, -0.05) is 24.3 Å². The molecule has 2 aliphatic rings. The number of fused-ring (bicyclic) bond motifs is 2. The van der Waals surface area contributed by atoms with E-state index in [1.807, 2.05) is 35.2 Å². The summed E-state index contributed by atoms with van der Waals surface area (Å²) in [7, 11) is 2.06. The topological polar surface area (TPSA) is 59.8 Å². The lowest BCUT2D eigenvalue weighted by atomic mass is 10.0. The van der Waals surface area contributed by atoms with Gasteiger partial charge in [-0.25, -0.2) is 4.98 Å². The average Bonchev–Trinajstić information content (AvgIpc) is 3.27. The maximum Gasteiger partial charge on any atom is 0.260 e. The first-order valence-electron chi connectivity index (χ1n) is 11.2. The Morgan fingerprint density at radius 1 is 1.09 bits per heavy atom. The fourth-order valence-corrected chi connectivity index (χ4v) is 4.62. The van der Waals surface area contributed by atoms with Gasteiger partial charge >= 0.3 is 0 Å². The second-order valence-electron chi connectivity index (χ2n) is 9.30. The standard InChI is InChI=1S/C25H30N4O3/c1-25(2)15-18-7-6-10-21(24(18)32-25)31-17-23(30)29-13-11-28(12-14-29)16-22-26-19-8-4-5-9-20(19)27(22)3/h4-10H,11-17H2,1-3H3. The molecule has 3 heterocycles. The predicted molar refractivity (Wildman–Crippen MR) is 123 cm³/mol. The quantitative estimate of drug-likeness (QED) is 0.618. The van der Waals surface area contributed by atoms with Crippen LogP contribution in [0.25, 0.3) is 11.0 Å². The highest BCUT2D eigenvalue weighted by Gasteiger charge is 2.32. The minimum absolute atomic E-state index is 0.0160. The van der Waals surface area contributed by atoms with Crippen LogP contribution < -0.4 is 9.47 Å². The van der Waals surface area contributed by atoms with Crippen LogP contribution in [-0.2, 0) is 24.8 Å². The molecule has 0 bridgehead atoms. The molecule has 5 rings (SSSR count). The summed E-state index contributed by atoms with van der Waals surface area (Å²) in [5.74, 6) is 2.50. The summed E-state index contributed by atoms with van der Waals surface area (Å²) in [6.07, 6.45) is 0.848. The molecule has 0 atom stereocenters. The number of aryl methyl sites for hydroxylation is 1. The molecule has 32 heavy (non-hydrogen) atoms. The Bertz CT molecular complexity index is 1150. The molecule has 0 unspecified atom stereocenters. The number of hydrogen-bond donors (Lipinski definition) is 0. The second-order valence-corrected chi connectivity index (χ2v) is 9.30. The van der Waals surface area contributed by atoms with Crippen LogP contribution >= 0.6 is 0 Å². The smallest absolute Gasteiger partial charge is 0.260 e. The monoisotopic (exact) mass is 434 g/mol. The molecule has 0 spiro atoms. The fraction of sp³-hybridized carbons (Fsp3) is 0.440. The van der Waals surface area contributed by atoms with Gasteiger partial charge < -0.3 is 18.9 Å². The molecule has 2 aliphatic heterocycles. The van der Waals surface area contributed by atoms with E-state index in [2.05, 4.69) is 42.5 Å². The highest BCUT2D eigenvalue weighted by Crippen LogP contribution is 2.41. The SMILES string of the molecule is Cn1c(CN2CCN(C(=O)COc3cccc4c3OC(C)(C)C4)CC2)nc2ccccc21. The molecule has 1 aromatic heterocycles. The number of benzene rings is 2. The minimum Gasteiger partial charge on any atom is -0.483 e. The number of carbonyl (C=O) groups excluding carboxylic acids is 1. The summed E-state index contributed by atoms with van der Waals surface area (Å²) in [4.78, 5) is 21.8. The molecule has 7 nitrogen and oxygen atoms in total. The van der Waals surface area contributed by atoms with Gasteiger partial charge in [-0.3, -0.25) is 9.69 Å². The van der Waals surface area contributed by atoms with Crippen LogP contribution in [0.5, 0.6) is 11.5 Å². The number of rotatable bonds is 5. The Morgan fingerprint density at radius 3 is 2.66 bits per heavy atom. The van der Waals surface area contributed by atoms with Crippen LogP contribution in [0.4, 0.5) is 0 Å². The van der Waals surface area contributed by atoms with Crippen LogP contribution in [0.3, 0.4) is 0 Å². The number of nitrogens with zero attached hydrogens (tertiary/aromatic N) is 4. The molecule has 1 saturated heterocycles. The van der Waals surface area contributed by atoms with Crippen molar-refractivity contribution in [3.63, 3.8) is 0 Å². The van der Waals surface area contributed by atoms with Crippen LogP contribution in [-0.4, -0.2) is 63.6 Å². The van der Waals surface area contributed by atoms with Crippen LogP contribution in [0, 0.1) is 0 Å². The average molecular weight is 435 g/mol. The highest BCUT2D eigenvalue weighted by atomic mass is 16.5. The second kappa shape index (κ2) is 8.13. The van der Waals surface area contributed by atoms with Gasteiger partial charge in [-0.05, 0) is 32.0 Å². The van der Waals surface area contributed by atoms with E-state index < -0.39 is 0 Å². The Labute approximate surface area is 188 Å². The zero-order valence-electron chi connectivity index (χ0n) is 19.0. The lowest BCUT2D eigenvalue weighted by Gasteiger charge is -2.34. The molecular weight excluding hydrogens is 404 g/mol. The summed E-state index contributed by atoms with van der Waals surface area (Å²) in [5.41, 5.74) is 3.07. The molecular formula is C25H30N4O3. The number of piperazine rings is 1. The van der Waals surface area contributed by atoms with E-state index in [0.717, 1.165) is 54.2 Å². The van der Waals surface area contributed by atoms with Gasteiger partial charge in [0.15, 0.2) is 18.1 Å². The third-order valence-corrected chi connectivity index (χ3v) is 6.38. The first-order chi connectivity index (χ1) is 15.4. The number of imidazole rings is 1. The van der Waals surface area contributed by atoms with E-state index in [9.17, 15) is 4.79 Å². The molecule has 0 radical (unpaired) electrons. The van der Waals surface area contributed by atoms with Crippen molar-refractivity contribution in [1.82, 2.24) is 19.4 Å². The zero-order valence-corrected chi connectivity index (χ0v) is 19.0. The Hall–Kier alpha value is -3.06. The van der Waals surface area contributed by atoms with Crippen molar-refractivity contribution in [2.75, 3.05) is 32.8 Å². The number of aromatic nitrogens is 2. The molecule has 1 fully saturated rings. The maximum absolute atomic E-state index is 12.8. The number of carbonyl (C=O) groups is 1. The van der Waals surface area contributed by atoms with Crippen molar-refractivity contribution in [3.05, 3.63) is 53.9 Å². The Morgan fingerprint density at radius 2 is 1.88 bits per heavy atom. The number of hydrogen-bond acceptors (Lipinski definition) is 5. The molecule has 0 aliphatic carbocycles. The summed E-state index contributed by atoms with van der Waals surface area (Å²) < 4.78 is 14.1. The number of para-hydroxylation sites is 3. The molecule has 0 N–H and O–H groups in total. The lowest BCUT2D eigenvalue weighted by molar-refractivity contribution is -0.135. The third-order valence-electron chi connectivity index (χ3n) is 6.38. The van der Waals surface area contributed by atoms with Gasteiger partial charge in [0.25, 0.3) is 5.91 Å². The summed E-state index contributed by atoms with van der Waals surface area (Å²) in [5, 5.41) is 0. The van der Waals surface area contributed by atoms with Gasteiger partial charge in [0.1, 0.15) is 11.4 Å². The highest BCUT2D eigenvalue weighted by molar-refractivity contribution is 5.78. The fourth-order valence-electron chi connectivity index (χ4n) is 4.62. The van der Waals surface area contributed by atoms with Crippen LogP contribution in [0.2, 0.25) is 0 Å². The van der Waals surface area contributed by atoms with E-state index in [1.165, 1.54) is 0 Å². The van der Waals surface area contributed by atoms with Gasteiger partial charge in [0.2, 0.25) is 0 Å². The van der Waals surface area contributed by atoms with E-state index in [4.69, 9.17) is 14.5 Å². The van der Waals surface area contributed by atoms with Gasteiger partial charge in [-0.15, -0.1) is 0 Å². The lowest BCUT2D eigenvalue weighted by Crippen LogP contribution is -2.49. The van der Waals surface area contributed by atoms with Crippen molar-refractivity contribution >= 4 is 16.9 Å². The molecule has 2 aromatic carbocycles. The van der Waals surface area contributed by atoms with Crippen molar-refractivity contribution in [1.29, 1.82) is 0 Å². The third kappa shape index (κ3) is 4.05. The van der Waals surface area contributed by atoms with Crippen molar-refractivity contribution in [2.45, 2.75) is 32.4 Å². The van der Waals surface area contributed by atoms with E-state index in [-0.39, 0.29) is 18.1 Å². The van der Waals surface area contributed by atoms with Crippen molar-refractivity contribution in [2.24, 2.45) is 7.05 Å². The van der Waals surface area contributed by atoms with E-state index in [0.29, 0.717) is 18.8 Å². The summed E-state index contributed by atoms with van der Waals surface area (Å²) >= 11 is 0. The molecule has 1 amide bonds. The minimum atomic E-state index is -0.235. The maximum atomic E-state index is 12.8. The molecule has 168 valence electrons. The van der Waals surface area contributed by atoms with Crippen molar-refractivity contribution < 1.29 is 14.3 Å². The number of amides is 1. The normalized spacial score (nSPS) is 17.9. The van der Waals surface area contributed by atoms with Crippen molar-refractivity contribution in [3.8, 4) is 11.5 Å². The summed E-state index contributed by atoms with van der Waals surface area (Å²) in [6, 6.07) is 14.1. The predicted octanol–water partition coefficient (Wildman–Crippen LogP) is 3.01. The van der Waals surface area contributed by atoms with Gasteiger partial charge in [0, 0.05) is 45.2 Å². The van der Waals surface area contributed by atoms with Gasteiger partial charge in [-0.2, -0.15) is 0 Å². The van der Waals surface area contributed by atoms with Crippen LogP contribution in [0.15, 0.2) is 42.5 Å². The zero-order chi connectivity index (χ0) is 22.3. The molecule has 0 saturated carbocycles. The Kier molecular flexibility index (Phi) is 5.29.